The van der Waals surface area contributed by atoms with E-state index < -0.39 is 16.1 Å². The zero-order chi connectivity index (χ0) is 27.3. The Morgan fingerprint density at radius 3 is 2.13 bits per heavy atom. The predicted molar refractivity (Wildman–Crippen MR) is 147 cm³/mol. The number of rotatable bonds is 11. The number of sulfonamides is 1. The van der Waals surface area contributed by atoms with Crippen molar-refractivity contribution in [3.05, 3.63) is 24.3 Å². The number of carbonyl (C=O) groups is 1. The van der Waals surface area contributed by atoms with Gasteiger partial charge >= 0.3 is 0 Å². The number of likely N-dealkylation sites (tertiary alicyclic amines) is 2. The summed E-state index contributed by atoms with van der Waals surface area (Å²) in [6, 6.07) is 6.33. The van der Waals surface area contributed by atoms with E-state index in [0.29, 0.717) is 24.1 Å². The van der Waals surface area contributed by atoms with E-state index in [0.717, 1.165) is 65.4 Å². The highest BCUT2D eigenvalue weighted by molar-refractivity contribution is 7.89. The average Bonchev–Trinajstić information content (AvgIpc) is 2.87. The molecule has 3 aliphatic heterocycles. The van der Waals surface area contributed by atoms with Gasteiger partial charge in [0.1, 0.15) is 18.5 Å². The molecule has 3 heterocycles. The Bertz CT molecular complexity index is 999. The molecule has 1 N–H and O–H groups in total. The number of aliphatic hydroxyl groups excluding tert-OH is 1. The number of ether oxygens (including phenoxy) is 1. The fourth-order valence-corrected chi connectivity index (χ4v) is 6.99. The smallest absolute Gasteiger partial charge is 0.242 e. The third-order valence-corrected chi connectivity index (χ3v) is 9.84. The minimum absolute atomic E-state index is 0.179. The first-order valence-electron chi connectivity index (χ1n) is 13.9. The molecule has 1 aromatic rings. The van der Waals surface area contributed by atoms with Crippen LogP contribution in [0.2, 0.25) is 0 Å². The first kappa shape index (κ1) is 29.2. The second-order valence-corrected chi connectivity index (χ2v) is 13.5. The molecule has 1 aromatic carbocycles. The van der Waals surface area contributed by atoms with Crippen LogP contribution in [0.3, 0.4) is 0 Å². The summed E-state index contributed by atoms with van der Waals surface area (Å²) in [5, 5.41) is 10.6. The Labute approximate surface area is 228 Å². The number of piperidine rings is 2. The standard InChI is InChI=1S/C27H45N5O5S/c1-22(33)32-13-11-29(12-14-32)9-4-10-30-16-23-15-24(17-30)19-31(18-23)20-25(34)21-37-26-5-7-27(8-6-26)38(35,36)28(2)3/h5-8,23-25,34H,4,9-21H2,1-3H3. The van der Waals surface area contributed by atoms with Gasteiger partial charge in [-0.25, -0.2) is 12.7 Å². The molecule has 214 valence electrons. The van der Waals surface area contributed by atoms with Gasteiger partial charge in [0.05, 0.1) is 4.90 Å². The molecule has 3 atom stereocenters. The summed E-state index contributed by atoms with van der Waals surface area (Å²) in [4.78, 5) is 21.2. The zero-order valence-electron chi connectivity index (χ0n) is 23.2. The van der Waals surface area contributed by atoms with E-state index in [9.17, 15) is 18.3 Å². The van der Waals surface area contributed by atoms with Crippen molar-refractivity contribution in [2.24, 2.45) is 11.8 Å². The number of amides is 1. The van der Waals surface area contributed by atoms with Crippen LogP contribution in [0.15, 0.2) is 29.2 Å². The molecule has 3 aliphatic rings. The van der Waals surface area contributed by atoms with Gasteiger partial charge in [0.15, 0.2) is 0 Å². The molecule has 0 saturated carbocycles. The Morgan fingerprint density at radius 2 is 1.55 bits per heavy atom. The van der Waals surface area contributed by atoms with Crippen molar-refractivity contribution >= 4 is 15.9 Å². The molecule has 0 spiro atoms. The van der Waals surface area contributed by atoms with E-state index in [-0.39, 0.29) is 17.4 Å². The zero-order valence-corrected chi connectivity index (χ0v) is 24.0. The quantitative estimate of drug-likeness (QED) is 0.425. The third kappa shape index (κ3) is 7.89. The number of fused-ring (bicyclic) bond motifs is 2. The Morgan fingerprint density at radius 1 is 0.974 bits per heavy atom. The number of carbonyl (C=O) groups excluding carboxylic acids is 1. The fraction of sp³-hybridized carbons (Fsp3) is 0.741. The number of benzene rings is 1. The minimum atomic E-state index is -3.47. The number of nitrogens with zero attached hydrogens (tertiary/aromatic N) is 5. The molecule has 0 aromatic heterocycles. The van der Waals surface area contributed by atoms with E-state index >= 15 is 0 Å². The van der Waals surface area contributed by atoms with Crippen LogP contribution < -0.4 is 4.74 Å². The number of aliphatic hydroxyl groups is 1. The summed E-state index contributed by atoms with van der Waals surface area (Å²) in [6.45, 7) is 12.6. The number of piperazine rings is 1. The first-order chi connectivity index (χ1) is 18.1. The summed E-state index contributed by atoms with van der Waals surface area (Å²) in [5.74, 6) is 2.01. The molecule has 10 nitrogen and oxygen atoms in total. The molecule has 4 rings (SSSR count). The lowest BCUT2D eigenvalue weighted by Gasteiger charge is -2.46. The molecule has 0 aliphatic carbocycles. The minimum Gasteiger partial charge on any atom is -0.491 e. The van der Waals surface area contributed by atoms with Gasteiger partial charge in [-0.1, -0.05) is 0 Å². The Balaban J connectivity index is 1.14. The third-order valence-electron chi connectivity index (χ3n) is 8.01. The predicted octanol–water partition coefficient (Wildman–Crippen LogP) is 0.485. The second kappa shape index (κ2) is 13.1. The van der Waals surface area contributed by atoms with Crippen LogP contribution in [0, 0.1) is 11.8 Å². The lowest BCUT2D eigenvalue weighted by molar-refractivity contribution is -0.130. The number of β-amino-alcohol motifs (C(OH)–C–C–N with tert-alkyl or cyclic N) is 1. The lowest BCUT2D eigenvalue weighted by atomic mass is 9.84. The monoisotopic (exact) mass is 551 g/mol. The average molecular weight is 552 g/mol. The summed E-state index contributed by atoms with van der Waals surface area (Å²) < 4.78 is 31.3. The number of hydrogen-bond acceptors (Lipinski definition) is 8. The molecule has 0 radical (unpaired) electrons. The van der Waals surface area contributed by atoms with E-state index in [1.807, 2.05) is 4.90 Å². The van der Waals surface area contributed by atoms with Crippen molar-refractivity contribution in [2.45, 2.75) is 30.8 Å². The van der Waals surface area contributed by atoms with Gasteiger partial charge in [-0.2, -0.15) is 0 Å². The normalized spacial score (nSPS) is 24.5. The maximum Gasteiger partial charge on any atom is 0.242 e. The Hall–Kier alpha value is -1.76. The van der Waals surface area contributed by atoms with Gasteiger partial charge in [-0.15, -0.1) is 0 Å². The van der Waals surface area contributed by atoms with Crippen molar-refractivity contribution in [1.82, 2.24) is 23.9 Å². The van der Waals surface area contributed by atoms with Crippen LogP contribution in [0.25, 0.3) is 0 Å². The molecule has 3 saturated heterocycles. The van der Waals surface area contributed by atoms with Crippen LogP contribution in [0.4, 0.5) is 0 Å². The molecule has 11 heteroatoms. The SMILES string of the molecule is CC(=O)N1CCN(CCCN2CC3CC(C2)CN(CC(O)COc2ccc(S(=O)(=O)N(C)C)cc2)C3)CC1. The van der Waals surface area contributed by atoms with E-state index in [4.69, 9.17) is 4.74 Å². The molecule has 1 amide bonds. The summed E-state index contributed by atoms with van der Waals surface area (Å²) >= 11 is 0. The summed E-state index contributed by atoms with van der Waals surface area (Å²) in [7, 11) is -0.458. The van der Waals surface area contributed by atoms with E-state index in [2.05, 4.69) is 14.7 Å². The van der Waals surface area contributed by atoms with Crippen LogP contribution in [-0.2, 0) is 14.8 Å². The molecular formula is C27H45N5O5S. The Kier molecular flexibility index (Phi) is 10.0. The van der Waals surface area contributed by atoms with Crippen molar-refractivity contribution in [1.29, 1.82) is 0 Å². The van der Waals surface area contributed by atoms with Gasteiger partial charge in [-0.3, -0.25) is 14.6 Å². The summed E-state index contributed by atoms with van der Waals surface area (Å²) in [5.41, 5.74) is 0. The molecule has 2 bridgehead atoms. The highest BCUT2D eigenvalue weighted by Crippen LogP contribution is 2.29. The lowest BCUT2D eigenvalue weighted by Crippen LogP contribution is -2.54. The van der Waals surface area contributed by atoms with Gasteiger partial charge in [0.25, 0.3) is 0 Å². The fourth-order valence-electron chi connectivity index (χ4n) is 6.09. The van der Waals surface area contributed by atoms with Crippen LogP contribution in [0.5, 0.6) is 5.75 Å². The highest BCUT2D eigenvalue weighted by Gasteiger charge is 2.34. The molecular weight excluding hydrogens is 506 g/mol. The highest BCUT2D eigenvalue weighted by atomic mass is 32.2. The maximum atomic E-state index is 12.2. The van der Waals surface area contributed by atoms with Gasteiger partial charge in [0.2, 0.25) is 15.9 Å². The molecule has 3 fully saturated rings. The van der Waals surface area contributed by atoms with Crippen molar-refractivity contribution in [2.75, 3.05) is 92.7 Å². The molecule has 3 unspecified atom stereocenters. The molecule has 38 heavy (non-hydrogen) atoms. The topological polar surface area (TPSA) is 96.9 Å². The van der Waals surface area contributed by atoms with Crippen LogP contribution >= 0.6 is 0 Å². The largest absolute Gasteiger partial charge is 0.491 e. The maximum absolute atomic E-state index is 12.2. The van der Waals surface area contributed by atoms with E-state index in [1.165, 1.54) is 43.4 Å². The van der Waals surface area contributed by atoms with Crippen LogP contribution in [0.1, 0.15) is 19.8 Å². The summed E-state index contributed by atoms with van der Waals surface area (Å²) in [6.07, 6.45) is 1.84. The van der Waals surface area contributed by atoms with Gasteiger partial charge in [0, 0.05) is 79.9 Å². The second-order valence-electron chi connectivity index (χ2n) is 11.4. The van der Waals surface area contributed by atoms with Gasteiger partial charge < -0.3 is 19.6 Å². The number of hydrogen-bond donors (Lipinski definition) is 1. The van der Waals surface area contributed by atoms with Gasteiger partial charge in [-0.05, 0) is 62.0 Å². The van der Waals surface area contributed by atoms with Crippen molar-refractivity contribution < 1.29 is 23.1 Å². The van der Waals surface area contributed by atoms with E-state index in [1.54, 1.807) is 19.1 Å². The van der Waals surface area contributed by atoms with Crippen LogP contribution in [-0.4, -0.2) is 142 Å². The first-order valence-corrected chi connectivity index (χ1v) is 15.3. The van der Waals surface area contributed by atoms with Crippen molar-refractivity contribution in [3.63, 3.8) is 0 Å². The van der Waals surface area contributed by atoms with Crippen molar-refractivity contribution in [3.8, 4) is 5.75 Å².